The van der Waals surface area contributed by atoms with Crippen LogP contribution < -0.4 is 0 Å². The van der Waals surface area contributed by atoms with E-state index in [1.807, 2.05) is 0 Å². The number of aliphatic hydroxyl groups is 1. The topological polar surface area (TPSA) is 103 Å². The summed E-state index contributed by atoms with van der Waals surface area (Å²) in [7, 11) is -1.75. The zero-order valence-electron chi connectivity index (χ0n) is 11.8. The molecule has 0 bridgehead atoms. The standard InChI is InChI=1S/C9H22OSi.C2H6O.2H2O.Ti/c1-4-7-11(10,8-5-2)9-6-3;1-2-3;;;/h10H,4-9H2,1-3H3;3H,2H2,1H3;2*1H2;. The van der Waals surface area contributed by atoms with Crippen molar-refractivity contribution in [1.82, 2.24) is 0 Å². The first kappa shape index (κ1) is 30.6. The molecule has 0 aliphatic rings. The molecule has 17 heavy (non-hydrogen) atoms. The van der Waals surface area contributed by atoms with Crippen molar-refractivity contribution in [1.29, 1.82) is 0 Å². The molecule has 0 saturated heterocycles. The van der Waals surface area contributed by atoms with E-state index in [0.29, 0.717) is 0 Å². The molecule has 0 aromatic carbocycles. The van der Waals surface area contributed by atoms with Crippen LogP contribution >= 0.6 is 0 Å². The Morgan fingerprint density at radius 3 is 1.06 bits per heavy atom. The molecule has 0 aliphatic carbocycles. The Hall–Kier alpha value is 0.771. The molecule has 0 aromatic rings. The van der Waals surface area contributed by atoms with Gasteiger partial charge in [-0.25, -0.2) is 0 Å². The van der Waals surface area contributed by atoms with E-state index in [1.54, 1.807) is 6.92 Å². The van der Waals surface area contributed by atoms with E-state index in [0.717, 1.165) is 37.4 Å². The summed E-state index contributed by atoms with van der Waals surface area (Å²) in [5.74, 6) is 0. The van der Waals surface area contributed by atoms with Crippen LogP contribution in [0, 0.1) is 0 Å². The van der Waals surface area contributed by atoms with Gasteiger partial charge >= 0.3 is 0 Å². The molecule has 6 heteroatoms. The van der Waals surface area contributed by atoms with E-state index in [-0.39, 0.29) is 39.3 Å². The van der Waals surface area contributed by atoms with E-state index in [9.17, 15) is 4.80 Å². The largest absolute Gasteiger partial charge is 0.432 e. The van der Waals surface area contributed by atoms with Crippen LogP contribution in [0.3, 0.4) is 0 Å². The van der Waals surface area contributed by atoms with Crippen LogP contribution in [0.1, 0.15) is 47.0 Å². The van der Waals surface area contributed by atoms with Gasteiger partial charge in [0.15, 0.2) is 8.32 Å². The second kappa shape index (κ2) is 22.0. The van der Waals surface area contributed by atoms with Crippen LogP contribution in [0.25, 0.3) is 0 Å². The second-order valence-corrected chi connectivity index (χ2v) is 7.74. The summed E-state index contributed by atoms with van der Waals surface area (Å²) in [6.07, 6.45) is 3.47. The molecule has 0 amide bonds. The molecule has 6 N–H and O–H groups in total. The predicted molar refractivity (Wildman–Crippen MR) is 73.3 cm³/mol. The molecule has 0 aromatic heterocycles. The zero-order valence-corrected chi connectivity index (χ0v) is 14.4. The Morgan fingerprint density at radius 1 is 0.765 bits per heavy atom. The molecular weight excluding hydrogens is 272 g/mol. The summed E-state index contributed by atoms with van der Waals surface area (Å²) in [4.78, 5) is 10.2. The maximum atomic E-state index is 10.2. The Bertz CT molecular complexity index is 101. The molecule has 0 radical (unpaired) electrons. The molecule has 0 unspecified atom stereocenters. The summed E-state index contributed by atoms with van der Waals surface area (Å²) in [6.45, 7) is 8.44. The predicted octanol–water partition coefficient (Wildman–Crippen LogP) is 1.50. The fourth-order valence-corrected chi connectivity index (χ4v) is 5.31. The van der Waals surface area contributed by atoms with Crippen LogP contribution in [0.5, 0.6) is 0 Å². The number of aliphatic hydroxyl groups excluding tert-OH is 1. The van der Waals surface area contributed by atoms with E-state index in [4.69, 9.17) is 5.11 Å². The second-order valence-electron chi connectivity index (χ2n) is 3.79. The fourth-order valence-electron chi connectivity index (χ4n) is 1.77. The maximum Gasteiger partial charge on any atom is 0.188 e. The quantitative estimate of drug-likeness (QED) is 0.726. The van der Waals surface area contributed by atoms with E-state index < -0.39 is 8.32 Å². The first-order chi connectivity index (χ1) is 6.60. The van der Waals surface area contributed by atoms with Gasteiger partial charge in [0.1, 0.15) is 0 Å². The van der Waals surface area contributed by atoms with Gasteiger partial charge in [0.2, 0.25) is 0 Å². The van der Waals surface area contributed by atoms with Crippen molar-refractivity contribution in [2.45, 2.75) is 65.1 Å². The average molecular weight is 304 g/mol. The Morgan fingerprint density at radius 2 is 0.941 bits per heavy atom. The minimum atomic E-state index is -1.75. The molecule has 0 atom stereocenters. The molecule has 0 spiro atoms. The number of rotatable bonds is 6. The van der Waals surface area contributed by atoms with Gasteiger partial charge in [0.05, 0.1) is 0 Å². The van der Waals surface area contributed by atoms with Crippen molar-refractivity contribution in [2.75, 3.05) is 6.61 Å². The van der Waals surface area contributed by atoms with Gasteiger partial charge in [0.25, 0.3) is 0 Å². The van der Waals surface area contributed by atoms with Gasteiger partial charge in [-0.15, -0.1) is 0 Å². The fraction of sp³-hybridized carbons (Fsp3) is 1.00. The monoisotopic (exact) mass is 304 g/mol. The third-order valence-electron chi connectivity index (χ3n) is 2.15. The average Bonchev–Trinajstić information content (AvgIpc) is 2.06. The normalized spacial score (nSPS) is 8.82. The van der Waals surface area contributed by atoms with Gasteiger partial charge < -0.3 is 20.9 Å². The minimum Gasteiger partial charge on any atom is -0.432 e. The first-order valence-electron chi connectivity index (χ1n) is 5.93. The molecule has 0 saturated carbocycles. The minimum absolute atomic E-state index is 0. The van der Waals surface area contributed by atoms with E-state index in [2.05, 4.69) is 20.8 Å². The summed E-state index contributed by atoms with van der Waals surface area (Å²) >= 11 is 0. The van der Waals surface area contributed by atoms with Crippen molar-refractivity contribution in [2.24, 2.45) is 0 Å². The molecule has 0 rings (SSSR count). The van der Waals surface area contributed by atoms with E-state index in [1.165, 1.54) is 0 Å². The van der Waals surface area contributed by atoms with Crippen molar-refractivity contribution in [3.63, 3.8) is 0 Å². The Kier molecular flexibility index (Phi) is 39.7. The van der Waals surface area contributed by atoms with Crippen molar-refractivity contribution < 1.29 is 42.6 Å². The van der Waals surface area contributed by atoms with Gasteiger partial charge in [-0.1, -0.05) is 40.0 Å². The molecule has 0 heterocycles. The van der Waals surface area contributed by atoms with Crippen molar-refractivity contribution >= 4 is 8.32 Å². The van der Waals surface area contributed by atoms with Crippen LogP contribution in [0.2, 0.25) is 18.1 Å². The van der Waals surface area contributed by atoms with Gasteiger partial charge in [-0.3, -0.25) is 0 Å². The molecule has 108 valence electrons. The molecule has 0 fully saturated rings. The summed E-state index contributed by atoms with van der Waals surface area (Å²) < 4.78 is 0. The number of hydrogen-bond acceptors (Lipinski definition) is 2. The van der Waals surface area contributed by atoms with Gasteiger partial charge in [-0.05, 0) is 25.1 Å². The third kappa shape index (κ3) is 22.4. The van der Waals surface area contributed by atoms with Crippen LogP contribution in [0.15, 0.2) is 0 Å². The van der Waals surface area contributed by atoms with Crippen molar-refractivity contribution in [3.05, 3.63) is 0 Å². The summed E-state index contributed by atoms with van der Waals surface area (Å²) in [6, 6.07) is 3.32. The third-order valence-corrected chi connectivity index (χ3v) is 6.44. The smallest absolute Gasteiger partial charge is 0.188 e. The number of hydrogen-bond donors (Lipinski definition) is 2. The molecule has 4 nitrogen and oxygen atoms in total. The zero-order chi connectivity index (χ0) is 11.4. The Balaban J connectivity index is -0.0000000724. The summed E-state index contributed by atoms with van der Waals surface area (Å²) in [5.41, 5.74) is 0. The van der Waals surface area contributed by atoms with E-state index >= 15 is 0 Å². The van der Waals surface area contributed by atoms with Crippen molar-refractivity contribution in [3.8, 4) is 0 Å². The van der Waals surface area contributed by atoms with Crippen LogP contribution in [-0.2, 0) is 21.7 Å². The van der Waals surface area contributed by atoms with Crippen LogP contribution in [0.4, 0.5) is 0 Å². The SMILES string of the molecule is CCC[Si](O)(CCC)CCC.CCO.O.O.[Ti]. The van der Waals surface area contributed by atoms with Gasteiger partial charge in [-0.2, -0.15) is 0 Å². The maximum absolute atomic E-state index is 10.2. The van der Waals surface area contributed by atoms with Gasteiger partial charge in [0, 0.05) is 28.3 Å². The van der Waals surface area contributed by atoms with Crippen LogP contribution in [-0.4, -0.2) is 35.8 Å². The molecule has 0 aliphatic heterocycles. The first-order valence-corrected chi connectivity index (χ1v) is 8.50. The summed E-state index contributed by atoms with van der Waals surface area (Å²) in [5, 5.41) is 7.57. The Labute approximate surface area is 122 Å². The molecular formula is C11H32O4SiTi.